The highest BCUT2D eigenvalue weighted by molar-refractivity contribution is 6.11. The van der Waals surface area contributed by atoms with Crippen molar-refractivity contribution in [3.8, 4) is 17.2 Å². The standard InChI is InChI=1S/C15H18N2O5/c1-17(2)8-10-15(18)22-14(16-10)9-6-11(19-3)13(21-5)12(7-9)20-4/h6-8H,1-5H3. The maximum atomic E-state index is 11.8. The lowest BCUT2D eigenvalue weighted by molar-refractivity contribution is -0.130. The average molecular weight is 306 g/mol. The number of esters is 1. The molecule has 1 aromatic rings. The molecule has 7 nitrogen and oxygen atoms in total. The molecule has 0 saturated heterocycles. The highest BCUT2D eigenvalue weighted by atomic mass is 16.6. The number of cyclic esters (lactones) is 1. The average Bonchev–Trinajstić information content (AvgIpc) is 2.86. The van der Waals surface area contributed by atoms with Crippen LogP contribution in [0.25, 0.3) is 0 Å². The summed E-state index contributed by atoms with van der Waals surface area (Å²) in [6, 6.07) is 3.35. The van der Waals surface area contributed by atoms with Crippen LogP contribution in [0, 0.1) is 0 Å². The Bertz CT molecular complexity index is 624. The maximum Gasteiger partial charge on any atom is 0.365 e. The predicted octanol–water partition coefficient (Wildman–Crippen LogP) is 1.42. The quantitative estimate of drug-likeness (QED) is 0.605. The number of aliphatic imine (C=N–C) groups is 1. The zero-order valence-electron chi connectivity index (χ0n) is 13.2. The molecule has 22 heavy (non-hydrogen) atoms. The number of rotatable bonds is 5. The number of methoxy groups -OCH3 is 3. The molecule has 1 heterocycles. The molecule has 0 atom stereocenters. The van der Waals surface area contributed by atoms with Crippen LogP contribution in [0.4, 0.5) is 0 Å². The van der Waals surface area contributed by atoms with Crippen LogP contribution in [-0.2, 0) is 9.53 Å². The Morgan fingerprint density at radius 1 is 1.09 bits per heavy atom. The van der Waals surface area contributed by atoms with Crippen molar-refractivity contribution in [2.45, 2.75) is 0 Å². The molecule has 0 aromatic heterocycles. The summed E-state index contributed by atoms with van der Waals surface area (Å²) in [5.74, 6) is 1.07. The van der Waals surface area contributed by atoms with Gasteiger partial charge in [0, 0.05) is 25.9 Å². The van der Waals surface area contributed by atoms with E-state index in [4.69, 9.17) is 18.9 Å². The van der Waals surface area contributed by atoms with E-state index in [2.05, 4.69) is 4.99 Å². The van der Waals surface area contributed by atoms with E-state index in [9.17, 15) is 4.79 Å². The summed E-state index contributed by atoms with van der Waals surface area (Å²) in [6.07, 6.45) is 1.59. The number of ether oxygens (including phenoxy) is 4. The number of hydrogen-bond acceptors (Lipinski definition) is 7. The third kappa shape index (κ3) is 2.98. The molecule has 0 aliphatic carbocycles. The van der Waals surface area contributed by atoms with Crippen LogP contribution in [0.1, 0.15) is 5.56 Å². The topological polar surface area (TPSA) is 69.6 Å². The molecule has 7 heteroatoms. The van der Waals surface area contributed by atoms with E-state index in [1.54, 1.807) is 37.3 Å². The van der Waals surface area contributed by atoms with Gasteiger partial charge in [-0.05, 0) is 12.1 Å². The van der Waals surface area contributed by atoms with Crippen LogP contribution < -0.4 is 14.2 Å². The maximum absolute atomic E-state index is 11.8. The first-order chi connectivity index (χ1) is 10.5. The fraction of sp³-hybridized carbons (Fsp3) is 0.333. The second-order valence-corrected chi connectivity index (χ2v) is 4.70. The number of nitrogens with zero attached hydrogens (tertiary/aromatic N) is 2. The van der Waals surface area contributed by atoms with Gasteiger partial charge in [0.25, 0.3) is 0 Å². The zero-order chi connectivity index (χ0) is 16.3. The van der Waals surface area contributed by atoms with Crippen LogP contribution in [0.5, 0.6) is 17.2 Å². The Hall–Kier alpha value is -2.70. The van der Waals surface area contributed by atoms with Gasteiger partial charge in [-0.15, -0.1) is 0 Å². The van der Waals surface area contributed by atoms with Gasteiger partial charge in [-0.25, -0.2) is 9.79 Å². The lowest BCUT2D eigenvalue weighted by Gasteiger charge is -2.13. The molecule has 0 bridgehead atoms. The molecule has 1 aromatic carbocycles. The summed E-state index contributed by atoms with van der Waals surface area (Å²) in [5.41, 5.74) is 0.791. The first kappa shape index (κ1) is 15.7. The summed E-state index contributed by atoms with van der Waals surface area (Å²) < 4.78 is 21.0. The highest BCUT2D eigenvalue weighted by Crippen LogP contribution is 2.38. The normalized spacial score (nSPS) is 15.4. The van der Waals surface area contributed by atoms with Gasteiger partial charge >= 0.3 is 5.97 Å². The fourth-order valence-electron chi connectivity index (χ4n) is 1.97. The molecule has 0 saturated carbocycles. The number of benzene rings is 1. The van der Waals surface area contributed by atoms with E-state index in [-0.39, 0.29) is 11.6 Å². The molecule has 118 valence electrons. The van der Waals surface area contributed by atoms with E-state index in [1.807, 2.05) is 0 Å². The minimum Gasteiger partial charge on any atom is -0.493 e. The molecule has 0 N–H and O–H groups in total. The van der Waals surface area contributed by atoms with E-state index in [0.29, 0.717) is 22.8 Å². The summed E-state index contributed by atoms with van der Waals surface area (Å²) >= 11 is 0. The van der Waals surface area contributed by atoms with Gasteiger partial charge in [0.1, 0.15) is 0 Å². The Balaban J connectivity index is 2.48. The number of carbonyl (C=O) groups excluding carboxylic acids is 1. The van der Waals surface area contributed by atoms with Gasteiger partial charge in [0.2, 0.25) is 11.6 Å². The smallest absolute Gasteiger partial charge is 0.365 e. The van der Waals surface area contributed by atoms with Gasteiger partial charge in [-0.2, -0.15) is 0 Å². The molecule has 0 radical (unpaired) electrons. The van der Waals surface area contributed by atoms with Crippen molar-refractivity contribution in [3.05, 3.63) is 29.6 Å². The first-order valence-electron chi connectivity index (χ1n) is 6.49. The number of hydrogen-bond donors (Lipinski definition) is 0. The molecule has 0 amide bonds. The lowest BCUT2D eigenvalue weighted by Crippen LogP contribution is -2.08. The monoisotopic (exact) mass is 306 g/mol. The predicted molar refractivity (Wildman–Crippen MR) is 80.5 cm³/mol. The molecule has 0 fully saturated rings. The third-order valence-corrected chi connectivity index (χ3v) is 2.91. The van der Waals surface area contributed by atoms with Crippen molar-refractivity contribution < 1.29 is 23.7 Å². The van der Waals surface area contributed by atoms with Crippen LogP contribution >= 0.6 is 0 Å². The Kier molecular flexibility index (Phi) is 4.55. The highest BCUT2D eigenvalue weighted by Gasteiger charge is 2.26. The Morgan fingerprint density at radius 3 is 2.14 bits per heavy atom. The van der Waals surface area contributed by atoms with Gasteiger partial charge in [-0.1, -0.05) is 0 Å². The molecule has 0 spiro atoms. The SMILES string of the molecule is COc1cc(C2=NC(=CN(C)C)C(=O)O2)cc(OC)c1OC. The van der Waals surface area contributed by atoms with Crippen LogP contribution in [0.2, 0.25) is 0 Å². The molecule has 1 aliphatic rings. The number of carbonyl (C=O) groups is 1. The first-order valence-corrected chi connectivity index (χ1v) is 6.49. The summed E-state index contributed by atoms with van der Waals surface area (Å²) in [7, 11) is 8.15. The third-order valence-electron chi connectivity index (χ3n) is 2.91. The van der Waals surface area contributed by atoms with Gasteiger partial charge < -0.3 is 23.8 Å². The van der Waals surface area contributed by atoms with Crippen LogP contribution in [0.15, 0.2) is 29.0 Å². The summed E-state index contributed by atoms with van der Waals surface area (Å²) in [6.45, 7) is 0. The minimum absolute atomic E-state index is 0.192. The van der Waals surface area contributed by atoms with Crippen molar-refractivity contribution in [1.29, 1.82) is 0 Å². The van der Waals surface area contributed by atoms with Gasteiger partial charge in [-0.3, -0.25) is 0 Å². The minimum atomic E-state index is -0.502. The van der Waals surface area contributed by atoms with Crippen molar-refractivity contribution >= 4 is 11.9 Å². The van der Waals surface area contributed by atoms with E-state index in [1.165, 1.54) is 21.3 Å². The largest absolute Gasteiger partial charge is 0.493 e. The van der Waals surface area contributed by atoms with Crippen molar-refractivity contribution in [2.75, 3.05) is 35.4 Å². The zero-order valence-corrected chi connectivity index (χ0v) is 13.2. The van der Waals surface area contributed by atoms with Crippen molar-refractivity contribution in [3.63, 3.8) is 0 Å². The molecule has 0 unspecified atom stereocenters. The Morgan fingerprint density at radius 2 is 1.68 bits per heavy atom. The Labute approximate surface area is 128 Å². The molecular formula is C15H18N2O5. The van der Waals surface area contributed by atoms with Crippen molar-refractivity contribution in [2.24, 2.45) is 4.99 Å². The molecule has 2 rings (SSSR count). The lowest BCUT2D eigenvalue weighted by atomic mass is 10.2. The van der Waals surface area contributed by atoms with Gasteiger partial charge in [0.15, 0.2) is 17.2 Å². The van der Waals surface area contributed by atoms with Gasteiger partial charge in [0.05, 0.1) is 21.3 Å². The molecular weight excluding hydrogens is 288 g/mol. The second kappa shape index (κ2) is 6.38. The fourth-order valence-corrected chi connectivity index (χ4v) is 1.97. The van der Waals surface area contributed by atoms with Crippen LogP contribution in [0.3, 0.4) is 0 Å². The van der Waals surface area contributed by atoms with Crippen LogP contribution in [-0.4, -0.2) is 52.2 Å². The second-order valence-electron chi connectivity index (χ2n) is 4.70. The summed E-state index contributed by atoms with van der Waals surface area (Å²) in [4.78, 5) is 17.7. The van der Waals surface area contributed by atoms with E-state index < -0.39 is 5.97 Å². The van der Waals surface area contributed by atoms with E-state index >= 15 is 0 Å². The van der Waals surface area contributed by atoms with E-state index in [0.717, 1.165) is 0 Å². The van der Waals surface area contributed by atoms with Crippen molar-refractivity contribution in [1.82, 2.24) is 4.90 Å². The summed E-state index contributed by atoms with van der Waals surface area (Å²) in [5, 5.41) is 0. The molecule has 1 aliphatic heterocycles.